The number of carbonyl (C=O) groups excluding carboxylic acids is 2. The Bertz CT molecular complexity index is 994. The topological polar surface area (TPSA) is 86.1 Å². The van der Waals surface area contributed by atoms with Crippen LogP contribution in [0.3, 0.4) is 0 Å². The molecule has 0 radical (unpaired) electrons. The third kappa shape index (κ3) is 4.75. The van der Waals surface area contributed by atoms with Crippen molar-refractivity contribution in [2.24, 2.45) is 0 Å². The maximum Gasteiger partial charge on any atom is 0.407 e. The van der Waals surface area contributed by atoms with Gasteiger partial charge in [0.25, 0.3) is 0 Å². The van der Waals surface area contributed by atoms with Gasteiger partial charge in [0.1, 0.15) is 12.0 Å². The quantitative estimate of drug-likeness (QED) is 0.560. The van der Waals surface area contributed by atoms with E-state index in [1.807, 2.05) is 30.3 Å². The molecule has 1 amide bonds. The molecular weight excluding hydrogens is 415 g/mol. The molecule has 0 fully saturated rings. The first-order valence-electron chi connectivity index (χ1n) is 8.78. The summed E-state index contributed by atoms with van der Waals surface area (Å²) in [6.07, 6.45) is 0.860. The van der Waals surface area contributed by atoms with Gasteiger partial charge in [0.05, 0.1) is 21.9 Å². The summed E-state index contributed by atoms with van der Waals surface area (Å²) in [5.41, 5.74) is 1.95. The Morgan fingerprint density at radius 3 is 2.62 bits per heavy atom. The Kier molecular flexibility index (Phi) is 6.85. The molecule has 0 aliphatic carbocycles. The predicted octanol–water partition coefficient (Wildman–Crippen LogP) is 4.34. The third-order valence-corrected chi connectivity index (χ3v) is 5.13. The van der Waals surface area contributed by atoms with Gasteiger partial charge < -0.3 is 14.8 Å². The number of halogens is 2. The van der Waals surface area contributed by atoms with Crippen LogP contribution < -0.4 is 5.32 Å². The second-order valence-electron chi connectivity index (χ2n) is 6.16. The first kappa shape index (κ1) is 20.8. The minimum Gasteiger partial charge on any atom is -0.439 e. The summed E-state index contributed by atoms with van der Waals surface area (Å²) in [5, 5.41) is 11.3. The van der Waals surface area contributed by atoms with Crippen molar-refractivity contribution < 1.29 is 14.3 Å². The lowest BCUT2D eigenvalue weighted by Gasteiger charge is -2.26. The molecule has 150 valence electrons. The van der Waals surface area contributed by atoms with Gasteiger partial charge in [-0.05, 0) is 29.8 Å². The lowest BCUT2D eigenvalue weighted by molar-refractivity contribution is -0.108. The van der Waals surface area contributed by atoms with Gasteiger partial charge in [-0.15, -0.1) is 5.10 Å². The molecule has 1 aromatic heterocycles. The Morgan fingerprint density at radius 2 is 1.97 bits per heavy atom. The lowest BCUT2D eigenvalue weighted by atomic mass is 9.89. The number of para-hydroxylation sites is 1. The molecule has 2 unspecified atom stereocenters. The summed E-state index contributed by atoms with van der Waals surface area (Å²) in [7, 11) is 1.46. The van der Waals surface area contributed by atoms with Crippen molar-refractivity contribution in [2.75, 3.05) is 7.05 Å². The highest BCUT2D eigenvalue weighted by Crippen LogP contribution is 2.38. The van der Waals surface area contributed by atoms with Crippen molar-refractivity contribution in [2.45, 2.75) is 18.4 Å². The van der Waals surface area contributed by atoms with E-state index in [2.05, 4.69) is 15.6 Å². The van der Waals surface area contributed by atoms with E-state index < -0.39 is 18.1 Å². The summed E-state index contributed by atoms with van der Waals surface area (Å²) in [4.78, 5) is 23.6. The summed E-state index contributed by atoms with van der Waals surface area (Å²) in [6, 6.07) is 14.3. The number of nitrogens with zero attached hydrogens (tertiary/aromatic N) is 3. The first-order chi connectivity index (χ1) is 14.0. The van der Waals surface area contributed by atoms with Crippen molar-refractivity contribution in [3.8, 4) is 5.69 Å². The molecule has 0 spiro atoms. The normalized spacial score (nSPS) is 12.8. The smallest absolute Gasteiger partial charge is 0.407 e. The zero-order valence-electron chi connectivity index (χ0n) is 15.5. The Labute approximate surface area is 177 Å². The van der Waals surface area contributed by atoms with Crippen LogP contribution in [0.1, 0.15) is 29.7 Å². The molecule has 0 bridgehead atoms. The van der Waals surface area contributed by atoms with Gasteiger partial charge in [0.15, 0.2) is 6.10 Å². The molecule has 3 rings (SSSR count). The van der Waals surface area contributed by atoms with E-state index in [4.69, 9.17) is 27.9 Å². The zero-order valence-corrected chi connectivity index (χ0v) is 17.0. The average Bonchev–Trinajstić information content (AvgIpc) is 3.23. The van der Waals surface area contributed by atoms with Crippen molar-refractivity contribution in [3.05, 3.63) is 76.0 Å². The molecule has 0 saturated heterocycles. The Balaban J connectivity index is 2.11. The monoisotopic (exact) mass is 432 g/mol. The fraction of sp³-hybridized carbons (Fsp3) is 0.200. The van der Waals surface area contributed by atoms with E-state index in [0.717, 1.165) is 12.0 Å². The lowest BCUT2D eigenvalue weighted by Crippen LogP contribution is -2.27. The van der Waals surface area contributed by atoms with Gasteiger partial charge >= 0.3 is 6.09 Å². The minimum atomic E-state index is -0.854. The van der Waals surface area contributed by atoms with Gasteiger partial charge in [-0.2, -0.15) is 0 Å². The van der Waals surface area contributed by atoms with E-state index >= 15 is 0 Å². The number of hydrogen-bond acceptors (Lipinski definition) is 5. The summed E-state index contributed by atoms with van der Waals surface area (Å²) < 4.78 is 7.23. The van der Waals surface area contributed by atoms with Crippen molar-refractivity contribution >= 4 is 35.6 Å². The van der Waals surface area contributed by atoms with Crippen LogP contribution >= 0.6 is 23.2 Å². The first-order valence-corrected chi connectivity index (χ1v) is 9.53. The number of nitrogens with one attached hydrogen (secondary N) is 1. The number of carbonyl (C=O) groups is 2. The summed E-state index contributed by atoms with van der Waals surface area (Å²) in [6.45, 7) is 0. The van der Waals surface area contributed by atoms with Crippen molar-refractivity contribution in [3.63, 3.8) is 0 Å². The Morgan fingerprint density at radius 1 is 1.21 bits per heavy atom. The average molecular weight is 433 g/mol. The second-order valence-corrected chi connectivity index (χ2v) is 6.98. The number of ether oxygens (including phenoxy) is 1. The molecule has 3 aromatic rings. The standard InChI is InChI=1S/C20H18Cl2N4O3/c1-23-20(28)29-19(15(9-10-27)13-7-8-16(21)17(22)11-13)18-12-24-25-26(18)14-5-3-2-4-6-14/h2-8,10-12,15,19H,9H2,1H3,(H,23,28). The van der Waals surface area contributed by atoms with E-state index in [1.165, 1.54) is 13.2 Å². The Hall–Kier alpha value is -2.90. The van der Waals surface area contributed by atoms with E-state index in [1.54, 1.807) is 22.9 Å². The van der Waals surface area contributed by atoms with Gasteiger partial charge in [-0.25, -0.2) is 9.48 Å². The van der Waals surface area contributed by atoms with E-state index in [9.17, 15) is 9.59 Å². The number of aromatic nitrogens is 3. The SMILES string of the molecule is CNC(=O)OC(c1cnnn1-c1ccccc1)C(CC=O)c1ccc(Cl)c(Cl)c1. The molecule has 0 aliphatic heterocycles. The van der Waals surface area contributed by atoms with Crippen molar-refractivity contribution in [1.29, 1.82) is 0 Å². The summed E-state index contributed by atoms with van der Waals surface area (Å²) >= 11 is 12.2. The predicted molar refractivity (Wildman–Crippen MR) is 110 cm³/mol. The number of benzene rings is 2. The fourth-order valence-corrected chi connectivity index (χ4v) is 3.32. The molecule has 2 aromatic carbocycles. The van der Waals surface area contributed by atoms with Crippen LogP contribution in [-0.4, -0.2) is 34.4 Å². The van der Waals surface area contributed by atoms with Gasteiger partial charge in [-0.3, -0.25) is 0 Å². The second kappa shape index (κ2) is 9.54. The molecule has 1 N–H and O–H groups in total. The maximum atomic E-state index is 12.1. The van der Waals surface area contributed by atoms with Crippen LogP contribution in [0.5, 0.6) is 0 Å². The molecule has 1 heterocycles. The third-order valence-electron chi connectivity index (χ3n) is 4.39. The van der Waals surface area contributed by atoms with Gasteiger partial charge in [0, 0.05) is 19.4 Å². The molecule has 0 aliphatic rings. The van der Waals surface area contributed by atoms with Crippen LogP contribution in [0.25, 0.3) is 5.69 Å². The molecule has 0 saturated carbocycles. The molecular formula is C20H18Cl2N4O3. The van der Waals surface area contributed by atoms with Gasteiger partial charge in [0.2, 0.25) is 0 Å². The summed E-state index contributed by atoms with van der Waals surface area (Å²) in [5.74, 6) is -0.527. The van der Waals surface area contributed by atoms with Crippen LogP contribution in [0, 0.1) is 0 Å². The van der Waals surface area contributed by atoms with Crippen LogP contribution in [-0.2, 0) is 9.53 Å². The maximum absolute atomic E-state index is 12.1. The number of amides is 1. The fourth-order valence-electron chi connectivity index (χ4n) is 3.01. The van der Waals surface area contributed by atoms with Crippen molar-refractivity contribution in [1.82, 2.24) is 20.3 Å². The number of hydrogen-bond donors (Lipinski definition) is 1. The number of alkyl carbamates (subject to hydrolysis) is 1. The molecule has 9 heteroatoms. The highest BCUT2D eigenvalue weighted by Gasteiger charge is 2.32. The molecule has 29 heavy (non-hydrogen) atoms. The van der Waals surface area contributed by atoms with E-state index in [0.29, 0.717) is 21.3 Å². The highest BCUT2D eigenvalue weighted by molar-refractivity contribution is 6.42. The number of rotatable bonds is 7. The number of aldehydes is 1. The van der Waals surface area contributed by atoms with Crippen LogP contribution in [0.4, 0.5) is 4.79 Å². The molecule has 7 nitrogen and oxygen atoms in total. The van der Waals surface area contributed by atoms with Crippen LogP contribution in [0.2, 0.25) is 10.0 Å². The zero-order chi connectivity index (χ0) is 20.8. The molecule has 2 atom stereocenters. The van der Waals surface area contributed by atoms with E-state index in [-0.39, 0.29) is 6.42 Å². The largest absolute Gasteiger partial charge is 0.439 e. The minimum absolute atomic E-state index is 0.0829. The highest BCUT2D eigenvalue weighted by atomic mass is 35.5. The van der Waals surface area contributed by atoms with Gasteiger partial charge in [-0.1, -0.05) is 52.7 Å². The van der Waals surface area contributed by atoms with Crippen LogP contribution in [0.15, 0.2) is 54.7 Å².